The van der Waals surface area contributed by atoms with E-state index in [2.05, 4.69) is 138 Å². The number of fused-ring (bicyclic) bond motifs is 8. The number of ether oxygens (including phenoxy) is 1. The minimum absolute atomic E-state index is 0.126. The molecule has 2 nitrogen and oxygen atoms in total. The van der Waals surface area contributed by atoms with Gasteiger partial charge in [0, 0.05) is 31.2 Å². The van der Waals surface area contributed by atoms with E-state index >= 15 is 0 Å². The van der Waals surface area contributed by atoms with Crippen molar-refractivity contribution in [2.24, 2.45) is 0 Å². The minimum Gasteiger partial charge on any atom is -0.458 e. The average Bonchev–Trinajstić information content (AvgIpc) is 3.54. The van der Waals surface area contributed by atoms with E-state index in [0.29, 0.717) is 0 Å². The first kappa shape index (κ1) is 22.1. The molecule has 186 valence electrons. The molecule has 1 aliphatic heterocycles. The third-order valence-electron chi connectivity index (χ3n) is 8.33. The molecule has 0 amide bonds. The van der Waals surface area contributed by atoms with Crippen LogP contribution in [0.2, 0.25) is 0 Å². The van der Waals surface area contributed by atoms with Crippen LogP contribution in [-0.2, 0) is 0 Å². The van der Waals surface area contributed by atoms with E-state index in [1.165, 1.54) is 64.1 Å². The summed E-state index contributed by atoms with van der Waals surface area (Å²) in [5.41, 5.74) is 7.38. The highest BCUT2D eigenvalue weighted by Crippen LogP contribution is 2.37. The molecular formula is C36H22BNOS. The monoisotopic (exact) mass is 527 g/mol. The fraction of sp³-hybridized carbons (Fsp3) is 0. The van der Waals surface area contributed by atoms with Crippen LogP contribution in [-0.4, -0.2) is 11.3 Å². The Morgan fingerprint density at radius 1 is 0.500 bits per heavy atom. The highest BCUT2D eigenvalue weighted by Gasteiger charge is 2.32. The smallest absolute Gasteiger partial charge is 0.250 e. The van der Waals surface area contributed by atoms with Gasteiger partial charge in [0.05, 0.1) is 11.0 Å². The fourth-order valence-corrected chi connectivity index (χ4v) is 7.64. The van der Waals surface area contributed by atoms with E-state index in [-0.39, 0.29) is 6.71 Å². The molecule has 8 aromatic rings. The van der Waals surface area contributed by atoms with E-state index in [1.807, 2.05) is 11.3 Å². The zero-order chi connectivity index (χ0) is 26.2. The normalized spacial score (nSPS) is 12.7. The van der Waals surface area contributed by atoms with Gasteiger partial charge in [0.15, 0.2) is 0 Å². The van der Waals surface area contributed by atoms with Crippen LogP contribution >= 0.6 is 11.3 Å². The van der Waals surface area contributed by atoms with Crippen molar-refractivity contribution < 1.29 is 4.74 Å². The molecule has 0 atom stereocenters. The van der Waals surface area contributed by atoms with Crippen molar-refractivity contribution in [2.45, 2.75) is 0 Å². The van der Waals surface area contributed by atoms with Crippen molar-refractivity contribution in [3.05, 3.63) is 133 Å². The molecule has 6 aromatic carbocycles. The Labute approximate surface area is 235 Å². The van der Waals surface area contributed by atoms with Gasteiger partial charge < -0.3 is 9.30 Å². The van der Waals surface area contributed by atoms with Crippen molar-refractivity contribution >= 4 is 76.4 Å². The number of aromatic nitrogens is 1. The van der Waals surface area contributed by atoms with E-state index in [0.717, 1.165) is 11.5 Å². The van der Waals surface area contributed by atoms with Crippen molar-refractivity contribution in [3.63, 3.8) is 0 Å². The highest BCUT2D eigenvalue weighted by atomic mass is 32.1. The van der Waals surface area contributed by atoms with Gasteiger partial charge in [-0.05, 0) is 64.8 Å². The molecule has 0 fully saturated rings. The van der Waals surface area contributed by atoms with Crippen LogP contribution in [0, 0.1) is 0 Å². The van der Waals surface area contributed by atoms with E-state index in [9.17, 15) is 0 Å². The molecule has 0 bridgehead atoms. The summed E-state index contributed by atoms with van der Waals surface area (Å²) in [6.45, 7) is 0.126. The molecule has 0 spiro atoms. The van der Waals surface area contributed by atoms with Crippen LogP contribution in [0.15, 0.2) is 133 Å². The van der Waals surface area contributed by atoms with E-state index < -0.39 is 0 Å². The lowest BCUT2D eigenvalue weighted by molar-refractivity contribution is 0.487. The predicted octanol–water partition coefficient (Wildman–Crippen LogP) is 7.77. The first-order chi connectivity index (χ1) is 19.8. The maximum atomic E-state index is 6.30. The Bertz CT molecular complexity index is 2180. The summed E-state index contributed by atoms with van der Waals surface area (Å²) in [5, 5.41) is 5.18. The standard InChI is InChI=1S/C36H22BNOS/c1-5-13-31-25(9-1)26-10-2-6-14-32(26)38(31)24-18-20-36-28(22-24)27-21-23(17-19-35(27)40-36)37-29-11-3-7-15-33(29)39-34-16-8-4-12-30(34)37/h1-22H. The van der Waals surface area contributed by atoms with Gasteiger partial charge in [-0.2, -0.15) is 0 Å². The third-order valence-corrected chi connectivity index (χ3v) is 9.48. The summed E-state index contributed by atoms with van der Waals surface area (Å²) in [4.78, 5) is 0. The Morgan fingerprint density at radius 2 is 1.05 bits per heavy atom. The van der Waals surface area contributed by atoms with Crippen molar-refractivity contribution in [1.29, 1.82) is 0 Å². The van der Waals surface area contributed by atoms with Gasteiger partial charge in [0.25, 0.3) is 6.71 Å². The summed E-state index contributed by atoms with van der Waals surface area (Å²) < 4.78 is 11.3. The SMILES string of the molecule is c1ccc2c(c1)Oc1ccccc1B2c1ccc2sc3ccc(-n4c5ccccc5c5ccccc54)cc3c2c1. The molecule has 9 rings (SSSR count). The Kier molecular flexibility index (Phi) is 4.61. The molecule has 0 N–H and O–H groups in total. The number of hydrogen-bond acceptors (Lipinski definition) is 2. The number of benzene rings is 6. The maximum Gasteiger partial charge on any atom is 0.250 e. The molecule has 0 aliphatic carbocycles. The van der Waals surface area contributed by atoms with Gasteiger partial charge in [-0.15, -0.1) is 11.3 Å². The van der Waals surface area contributed by atoms with Gasteiger partial charge in [-0.3, -0.25) is 0 Å². The first-order valence-corrected chi connectivity index (χ1v) is 14.5. The molecule has 0 unspecified atom stereocenters. The van der Waals surface area contributed by atoms with E-state index in [1.54, 1.807) is 0 Å². The summed E-state index contributed by atoms with van der Waals surface area (Å²) in [5.74, 6) is 1.88. The molecule has 4 heteroatoms. The second-order valence-corrected chi connectivity index (χ2v) is 11.6. The molecule has 0 radical (unpaired) electrons. The van der Waals surface area contributed by atoms with Crippen molar-refractivity contribution in [3.8, 4) is 17.2 Å². The third kappa shape index (κ3) is 3.11. The summed E-state index contributed by atoms with van der Waals surface area (Å²) in [6, 6.07) is 48.2. The second-order valence-electron chi connectivity index (χ2n) is 10.5. The topological polar surface area (TPSA) is 14.2 Å². The molecule has 0 saturated heterocycles. The number of nitrogens with zero attached hydrogens (tertiary/aromatic N) is 1. The van der Waals surface area contributed by atoms with Crippen LogP contribution in [0.4, 0.5) is 0 Å². The number of thiophene rings is 1. The zero-order valence-corrected chi connectivity index (χ0v) is 22.4. The average molecular weight is 527 g/mol. The lowest BCUT2D eigenvalue weighted by Crippen LogP contribution is -2.54. The maximum absolute atomic E-state index is 6.30. The lowest BCUT2D eigenvalue weighted by atomic mass is 9.36. The summed E-state index contributed by atoms with van der Waals surface area (Å²) in [7, 11) is 0. The highest BCUT2D eigenvalue weighted by molar-refractivity contribution is 7.25. The van der Waals surface area contributed by atoms with Crippen LogP contribution in [0.3, 0.4) is 0 Å². The van der Waals surface area contributed by atoms with Gasteiger partial charge in [0.2, 0.25) is 0 Å². The van der Waals surface area contributed by atoms with E-state index in [4.69, 9.17) is 4.74 Å². The molecule has 3 heterocycles. The lowest BCUT2D eigenvalue weighted by Gasteiger charge is -2.26. The van der Waals surface area contributed by atoms with Crippen molar-refractivity contribution in [2.75, 3.05) is 0 Å². The zero-order valence-electron chi connectivity index (χ0n) is 21.5. The quantitative estimate of drug-likeness (QED) is 0.210. The minimum atomic E-state index is 0.126. The molecular weight excluding hydrogens is 505 g/mol. The number of rotatable bonds is 2. The van der Waals surface area contributed by atoms with Crippen LogP contribution in [0.25, 0.3) is 47.7 Å². The van der Waals surface area contributed by atoms with Crippen LogP contribution in [0.5, 0.6) is 11.5 Å². The van der Waals surface area contributed by atoms with Gasteiger partial charge in [-0.25, -0.2) is 0 Å². The van der Waals surface area contributed by atoms with Crippen LogP contribution in [0.1, 0.15) is 0 Å². The molecule has 0 saturated carbocycles. The van der Waals surface area contributed by atoms with Crippen LogP contribution < -0.4 is 21.1 Å². The predicted molar refractivity (Wildman–Crippen MR) is 171 cm³/mol. The van der Waals surface area contributed by atoms with Gasteiger partial charge in [0.1, 0.15) is 11.5 Å². The number of hydrogen-bond donors (Lipinski definition) is 0. The molecule has 1 aliphatic rings. The Balaban J connectivity index is 1.28. The molecule has 40 heavy (non-hydrogen) atoms. The summed E-state index contributed by atoms with van der Waals surface area (Å²) >= 11 is 1.87. The van der Waals surface area contributed by atoms with Gasteiger partial charge >= 0.3 is 0 Å². The first-order valence-electron chi connectivity index (χ1n) is 13.6. The Morgan fingerprint density at radius 3 is 1.73 bits per heavy atom. The Hall–Kier alpha value is -4.80. The number of para-hydroxylation sites is 4. The second kappa shape index (κ2) is 8.35. The summed E-state index contributed by atoms with van der Waals surface area (Å²) in [6.07, 6.45) is 0. The largest absolute Gasteiger partial charge is 0.458 e. The fourth-order valence-electron chi connectivity index (χ4n) is 6.57. The molecule has 2 aromatic heterocycles. The van der Waals surface area contributed by atoms with Crippen molar-refractivity contribution in [1.82, 2.24) is 4.57 Å². The van der Waals surface area contributed by atoms with Gasteiger partial charge in [-0.1, -0.05) is 90.4 Å².